The maximum atomic E-state index is 16.2. The predicted octanol–water partition coefficient (Wildman–Crippen LogP) is 6.74. The number of hydrogen-bond acceptors (Lipinski definition) is 6. The Hall–Kier alpha value is -3.77. The summed E-state index contributed by atoms with van der Waals surface area (Å²) in [6.45, 7) is 4.22. The molecule has 0 amide bonds. The molecule has 3 aromatic heterocycles. The molecule has 0 spiro atoms. The number of rotatable bonds is 9. The molecule has 4 heterocycles. The van der Waals surface area contributed by atoms with Gasteiger partial charge >= 0.3 is 0 Å². The minimum absolute atomic E-state index is 0.0709. The highest BCUT2D eigenvalue weighted by atomic mass is 32.2. The molecule has 5 aromatic rings. The van der Waals surface area contributed by atoms with Crippen molar-refractivity contribution in [1.82, 2.24) is 18.7 Å². The first-order valence-corrected chi connectivity index (χ1v) is 17.0. The Morgan fingerprint density at radius 2 is 1.75 bits per heavy atom. The van der Waals surface area contributed by atoms with Gasteiger partial charge in [0, 0.05) is 48.0 Å². The normalized spacial score (nSPS) is 14.3. The van der Waals surface area contributed by atoms with E-state index in [2.05, 4.69) is 0 Å². The van der Waals surface area contributed by atoms with Gasteiger partial charge in [0.05, 0.1) is 22.8 Å². The molecule has 0 saturated heterocycles. The van der Waals surface area contributed by atoms with E-state index >= 15 is 4.39 Å². The van der Waals surface area contributed by atoms with Crippen molar-refractivity contribution < 1.29 is 22.3 Å². The van der Waals surface area contributed by atoms with Crippen LogP contribution in [0.25, 0.3) is 44.3 Å². The summed E-state index contributed by atoms with van der Waals surface area (Å²) in [4.78, 5) is 9.50. The fraction of sp³-hybridized carbons (Fsp3) is 0.273. The summed E-state index contributed by atoms with van der Waals surface area (Å²) < 4.78 is 58.1. The number of imidazole rings is 1. The first kappa shape index (κ1) is 30.3. The molecule has 44 heavy (non-hydrogen) atoms. The summed E-state index contributed by atoms with van der Waals surface area (Å²) in [5, 5.41) is 11.6. The summed E-state index contributed by atoms with van der Waals surface area (Å²) in [5.41, 5.74) is 7.24. The zero-order chi connectivity index (χ0) is 31.0. The number of aromatic nitrogens is 3. The molecule has 1 aliphatic heterocycles. The number of pyridine rings is 1. The lowest BCUT2D eigenvalue weighted by Gasteiger charge is -2.26. The molecule has 228 valence electrons. The topological polar surface area (TPSA) is 87.8 Å². The number of nitrogens with zero attached hydrogens (tertiary/aromatic N) is 4. The first-order valence-electron chi connectivity index (χ1n) is 14.5. The number of aliphatic hydroxyl groups excluding tert-OH is 1. The van der Waals surface area contributed by atoms with Crippen LogP contribution in [0.15, 0.2) is 66.2 Å². The Kier molecular flexibility index (Phi) is 8.47. The van der Waals surface area contributed by atoms with Crippen LogP contribution < -0.4 is 0 Å². The zero-order valence-electron chi connectivity index (χ0n) is 24.4. The van der Waals surface area contributed by atoms with Gasteiger partial charge in [-0.2, -0.15) is 4.31 Å². The molecule has 0 atom stereocenters. The highest BCUT2D eigenvalue weighted by Gasteiger charge is 2.25. The fourth-order valence-electron chi connectivity index (χ4n) is 5.61. The quantitative estimate of drug-likeness (QED) is 0.194. The van der Waals surface area contributed by atoms with Gasteiger partial charge in [-0.05, 0) is 85.4 Å². The monoisotopic (exact) mass is 634 g/mol. The smallest absolute Gasteiger partial charge is 0.214 e. The first-order chi connectivity index (χ1) is 21.2. The second-order valence-corrected chi connectivity index (χ2v) is 13.7. The lowest BCUT2D eigenvalue weighted by Crippen LogP contribution is -2.36. The highest BCUT2D eigenvalue weighted by Crippen LogP contribution is 2.37. The molecule has 1 N–H and O–H groups in total. The number of aliphatic hydroxyl groups is 1. The molecule has 0 bridgehead atoms. The Morgan fingerprint density at radius 3 is 2.45 bits per heavy atom. The Labute approximate surface area is 259 Å². The van der Waals surface area contributed by atoms with Crippen molar-refractivity contribution in [2.24, 2.45) is 0 Å². The maximum Gasteiger partial charge on any atom is 0.214 e. The molecule has 0 unspecified atom stereocenters. The molecule has 0 saturated carbocycles. The average Bonchev–Trinajstić information content (AvgIpc) is 3.67. The van der Waals surface area contributed by atoms with Crippen LogP contribution in [-0.4, -0.2) is 57.6 Å². The van der Waals surface area contributed by atoms with Crippen LogP contribution in [0.1, 0.15) is 36.6 Å². The molecule has 0 fully saturated rings. The number of halogens is 2. The SMILES string of the molecule is CCc1nc2ccc(C3=CCN(S(=O)(=O)CCCO)CC3)cn2c1-c1ccc(-c2nc(-c3ccc(F)cc3)cs2)c(C)c1F. The minimum Gasteiger partial charge on any atom is -0.396 e. The number of benzene rings is 2. The number of fused-ring (bicyclic) bond motifs is 1. The second-order valence-electron chi connectivity index (χ2n) is 10.8. The van der Waals surface area contributed by atoms with E-state index in [1.165, 1.54) is 27.8 Å². The number of sulfonamides is 1. The van der Waals surface area contributed by atoms with E-state index in [-0.39, 0.29) is 37.0 Å². The van der Waals surface area contributed by atoms with Crippen molar-refractivity contribution in [3.8, 4) is 33.1 Å². The van der Waals surface area contributed by atoms with Gasteiger partial charge in [0.2, 0.25) is 10.0 Å². The standard InChI is InChI=1S/C33H32F2N4O3S2/c1-3-28-32(27-11-10-26(21(2)31(27)35)33-37-29(20-43-33)23-5-8-25(34)9-6-23)39-19-24(7-12-30(39)36-28)22-13-15-38(16-14-22)44(41,42)18-4-17-40/h5-13,19-20,40H,3-4,14-18H2,1-2H3. The van der Waals surface area contributed by atoms with E-state index in [9.17, 15) is 12.8 Å². The summed E-state index contributed by atoms with van der Waals surface area (Å²) in [5.74, 6) is -0.728. The van der Waals surface area contributed by atoms with E-state index in [1.54, 1.807) is 25.1 Å². The van der Waals surface area contributed by atoms with Crippen molar-refractivity contribution in [2.45, 2.75) is 33.1 Å². The summed E-state index contributed by atoms with van der Waals surface area (Å²) in [7, 11) is -3.42. The number of hydrogen-bond donors (Lipinski definition) is 1. The Balaban J connectivity index is 1.34. The van der Waals surface area contributed by atoms with Gasteiger partial charge in [0.15, 0.2) is 0 Å². The summed E-state index contributed by atoms with van der Waals surface area (Å²) >= 11 is 1.41. The molecular weight excluding hydrogens is 603 g/mol. The van der Waals surface area contributed by atoms with Crippen LogP contribution in [0.2, 0.25) is 0 Å². The molecule has 0 aliphatic carbocycles. The van der Waals surface area contributed by atoms with Crippen LogP contribution in [0.3, 0.4) is 0 Å². The van der Waals surface area contributed by atoms with Crippen LogP contribution in [0.4, 0.5) is 8.78 Å². The van der Waals surface area contributed by atoms with Crippen molar-refractivity contribution in [2.75, 3.05) is 25.4 Å². The van der Waals surface area contributed by atoms with Crippen molar-refractivity contribution in [3.05, 3.63) is 94.6 Å². The molecular formula is C33H32F2N4O3S2. The fourth-order valence-corrected chi connectivity index (χ4v) is 7.94. The number of thiazole rings is 1. The third-order valence-electron chi connectivity index (χ3n) is 8.04. The Morgan fingerprint density at radius 1 is 1.00 bits per heavy atom. The average molecular weight is 635 g/mol. The van der Waals surface area contributed by atoms with Crippen molar-refractivity contribution in [1.29, 1.82) is 0 Å². The van der Waals surface area contributed by atoms with Gasteiger partial charge < -0.3 is 5.11 Å². The van der Waals surface area contributed by atoms with Crippen molar-refractivity contribution in [3.63, 3.8) is 0 Å². The molecule has 7 nitrogen and oxygen atoms in total. The van der Waals surface area contributed by atoms with E-state index in [0.717, 1.165) is 22.4 Å². The largest absolute Gasteiger partial charge is 0.396 e. The van der Waals surface area contributed by atoms with E-state index in [0.29, 0.717) is 58.1 Å². The minimum atomic E-state index is -3.42. The van der Waals surface area contributed by atoms with Crippen LogP contribution in [-0.2, 0) is 16.4 Å². The summed E-state index contributed by atoms with van der Waals surface area (Å²) in [6, 6.07) is 13.7. The molecule has 11 heteroatoms. The lowest BCUT2D eigenvalue weighted by atomic mass is 10.00. The van der Waals surface area contributed by atoms with Gasteiger partial charge in [-0.1, -0.05) is 19.1 Å². The van der Waals surface area contributed by atoms with Crippen molar-refractivity contribution >= 4 is 32.6 Å². The second kappa shape index (κ2) is 12.3. The third kappa shape index (κ3) is 5.72. The van der Waals surface area contributed by atoms with Gasteiger partial charge in [0.25, 0.3) is 0 Å². The van der Waals surface area contributed by atoms with Gasteiger partial charge in [-0.15, -0.1) is 11.3 Å². The molecule has 6 rings (SSSR count). The van der Waals surface area contributed by atoms with Crippen LogP contribution >= 0.6 is 11.3 Å². The number of aryl methyl sites for hydroxylation is 1. The lowest BCUT2D eigenvalue weighted by molar-refractivity contribution is 0.294. The van der Waals surface area contributed by atoms with E-state index < -0.39 is 10.0 Å². The maximum absolute atomic E-state index is 16.2. The van der Waals surface area contributed by atoms with Gasteiger partial charge in [0.1, 0.15) is 22.3 Å². The molecule has 1 aliphatic rings. The van der Waals surface area contributed by atoms with Crippen LogP contribution in [0.5, 0.6) is 0 Å². The van der Waals surface area contributed by atoms with E-state index in [1.807, 2.05) is 47.2 Å². The van der Waals surface area contributed by atoms with Crippen LogP contribution in [0, 0.1) is 18.6 Å². The Bertz CT molecular complexity index is 1980. The predicted molar refractivity (Wildman–Crippen MR) is 171 cm³/mol. The highest BCUT2D eigenvalue weighted by molar-refractivity contribution is 7.89. The molecule has 0 radical (unpaired) electrons. The molecule has 2 aromatic carbocycles. The zero-order valence-corrected chi connectivity index (χ0v) is 26.1. The van der Waals surface area contributed by atoms with Gasteiger partial charge in [-0.25, -0.2) is 27.2 Å². The van der Waals surface area contributed by atoms with E-state index in [4.69, 9.17) is 15.1 Å². The van der Waals surface area contributed by atoms with Gasteiger partial charge in [-0.3, -0.25) is 4.40 Å². The summed E-state index contributed by atoms with van der Waals surface area (Å²) in [6.07, 6.45) is 5.25. The third-order valence-corrected chi connectivity index (χ3v) is 10.8.